The van der Waals surface area contributed by atoms with E-state index in [1.54, 1.807) is 12.3 Å². The summed E-state index contributed by atoms with van der Waals surface area (Å²) in [6.07, 6.45) is 3.46. The van der Waals surface area contributed by atoms with Gasteiger partial charge in [-0.05, 0) is 38.0 Å². The summed E-state index contributed by atoms with van der Waals surface area (Å²) in [5.41, 5.74) is 2.62. The van der Waals surface area contributed by atoms with Crippen LogP contribution < -0.4 is 4.74 Å². The van der Waals surface area contributed by atoms with Crippen LogP contribution in [0.1, 0.15) is 29.9 Å². The molecule has 4 rings (SSSR count). The molecule has 1 atom stereocenters. The second-order valence-electron chi connectivity index (χ2n) is 7.10. The van der Waals surface area contributed by atoms with E-state index in [9.17, 15) is 4.79 Å². The van der Waals surface area contributed by atoms with Gasteiger partial charge in [-0.25, -0.2) is 14.8 Å². The maximum atomic E-state index is 11.9. The standard InChI is InChI=1S/C23H24N2O5/c1-16-19(25-22(30-16)18-6-3-2-4-7-18)11-13-28-21-10-9-17(14-24-21)15-29-23(26)20-8-5-12-27-20/h2-4,6-7,9-10,14,20H,5,8,11-13,15H2,1H3. The Balaban J connectivity index is 1.24. The molecule has 1 aliphatic heterocycles. The van der Waals surface area contributed by atoms with Crippen LogP contribution in [-0.4, -0.2) is 35.3 Å². The van der Waals surface area contributed by atoms with Crippen molar-refractivity contribution in [3.8, 4) is 17.3 Å². The number of carbonyl (C=O) groups is 1. The average Bonchev–Trinajstić information content (AvgIpc) is 3.44. The summed E-state index contributed by atoms with van der Waals surface area (Å²) in [7, 11) is 0. The third-order valence-electron chi connectivity index (χ3n) is 4.87. The maximum Gasteiger partial charge on any atom is 0.335 e. The molecule has 30 heavy (non-hydrogen) atoms. The molecule has 3 heterocycles. The molecule has 1 aliphatic rings. The Morgan fingerprint density at radius 1 is 1.20 bits per heavy atom. The molecule has 1 fully saturated rings. The van der Waals surface area contributed by atoms with Gasteiger partial charge in [-0.1, -0.05) is 18.2 Å². The number of hydrogen-bond acceptors (Lipinski definition) is 7. The topological polar surface area (TPSA) is 83.7 Å². The number of ether oxygens (including phenoxy) is 3. The van der Waals surface area contributed by atoms with Gasteiger partial charge in [-0.2, -0.15) is 0 Å². The summed E-state index contributed by atoms with van der Waals surface area (Å²) in [5, 5.41) is 0. The third kappa shape index (κ3) is 5.04. The van der Waals surface area contributed by atoms with Crippen molar-refractivity contribution in [2.24, 2.45) is 0 Å². The predicted octanol–water partition coefficient (Wildman–Crippen LogP) is 3.89. The van der Waals surface area contributed by atoms with Gasteiger partial charge >= 0.3 is 5.97 Å². The van der Waals surface area contributed by atoms with Crippen LogP contribution in [0.2, 0.25) is 0 Å². The molecule has 0 bridgehead atoms. The Bertz CT molecular complexity index is 963. The highest BCUT2D eigenvalue weighted by Crippen LogP contribution is 2.22. The Morgan fingerprint density at radius 3 is 2.80 bits per heavy atom. The number of oxazole rings is 1. The highest BCUT2D eigenvalue weighted by Gasteiger charge is 2.24. The Labute approximate surface area is 175 Å². The smallest absolute Gasteiger partial charge is 0.335 e. The minimum atomic E-state index is -0.428. The van der Waals surface area contributed by atoms with E-state index in [0.717, 1.165) is 35.4 Å². The van der Waals surface area contributed by atoms with E-state index < -0.39 is 6.10 Å². The normalized spacial score (nSPS) is 15.8. The fourth-order valence-corrected chi connectivity index (χ4v) is 3.21. The first-order valence-corrected chi connectivity index (χ1v) is 10.1. The number of esters is 1. The summed E-state index contributed by atoms with van der Waals surface area (Å²) in [4.78, 5) is 20.7. The lowest BCUT2D eigenvalue weighted by Gasteiger charge is -2.10. The van der Waals surface area contributed by atoms with Gasteiger partial charge in [0.15, 0.2) is 6.10 Å². The number of hydrogen-bond donors (Lipinski definition) is 0. The molecule has 0 radical (unpaired) electrons. The summed E-state index contributed by atoms with van der Waals surface area (Å²) >= 11 is 0. The zero-order valence-electron chi connectivity index (χ0n) is 16.9. The van der Waals surface area contributed by atoms with Crippen LogP contribution in [0.25, 0.3) is 11.5 Å². The van der Waals surface area contributed by atoms with E-state index in [0.29, 0.717) is 31.4 Å². The lowest BCUT2D eigenvalue weighted by molar-refractivity contribution is -0.155. The number of pyridine rings is 1. The monoisotopic (exact) mass is 408 g/mol. The van der Waals surface area contributed by atoms with Crippen LogP contribution in [-0.2, 0) is 27.3 Å². The van der Waals surface area contributed by atoms with E-state index in [-0.39, 0.29) is 12.6 Å². The molecule has 1 unspecified atom stereocenters. The minimum absolute atomic E-state index is 0.173. The highest BCUT2D eigenvalue weighted by molar-refractivity contribution is 5.74. The number of aryl methyl sites for hydroxylation is 1. The van der Waals surface area contributed by atoms with Gasteiger partial charge in [0.2, 0.25) is 11.8 Å². The van der Waals surface area contributed by atoms with Gasteiger partial charge in [-0.15, -0.1) is 0 Å². The number of carbonyl (C=O) groups excluding carboxylic acids is 1. The van der Waals surface area contributed by atoms with E-state index in [4.69, 9.17) is 18.6 Å². The molecule has 0 aliphatic carbocycles. The first-order chi connectivity index (χ1) is 14.7. The molecule has 0 spiro atoms. The van der Waals surface area contributed by atoms with E-state index in [1.807, 2.05) is 43.3 Å². The molecule has 0 N–H and O–H groups in total. The van der Waals surface area contributed by atoms with Crippen molar-refractivity contribution in [2.75, 3.05) is 13.2 Å². The SMILES string of the molecule is Cc1oc(-c2ccccc2)nc1CCOc1ccc(COC(=O)C2CCCO2)cn1. The Hall–Kier alpha value is -3.19. The maximum absolute atomic E-state index is 11.9. The molecular weight excluding hydrogens is 384 g/mol. The van der Waals surface area contributed by atoms with Crippen molar-refractivity contribution in [1.82, 2.24) is 9.97 Å². The van der Waals surface area contributed by atoms with Crippen molar-refractivity contribution in [3.63, 3.8) is 0 Å². The van der Waals surface area contributed by atoms with E-state index >= 15 is 0 Å². The van der Waals surface area contributed by atoms with Crippen molar-refractivity contribution < 1.29 is 23.4 Å². The van der Waals surface area contributed by atoms with Gasteiger partial charge in [0.25, 0.3) is 0 Å². The van der Waals surface area contributed by atoms with E-state index in [2.05, 4.69) is 9.97 Å². The molecular formula is C23H24N2O5. The van der Waals surface area contributed by atoms with Crippen molar-refractivity contribution in [2.45, 2.75) is 38.9 Å². The molecule has 156 valence electrons. The second kappa shape index (κ2) is 9.54. The summed E-state index contributed by atoms with van der Waals surface area (Å²) in [6, 6.07) is 13.4. The fourth-order valence-electron chi connectivity index (χ4n) is 3.21. The Kier molecular flexibility index (Phi) is 6.39. The van der Waals surface area contributed by atoms with Crippen molar-refractivity contribution in [3.05, 3.63) is 65.7 Å². The van der Waals surface area contributed by atoms with Crippen LogP contribution in [0.15, 0.2) is 53.1 Å². The third-order valence-corrected chi connectivity index (χ3v) is 4.87. The fraction of sp³-hybridized carbons (Fsp3) is 0.348. The molecule has 0 amide bonds. The molecule has 1 aromatic carbocycles. The minimum Gasteiger partial charge on any atom is -0.477 e. The largest absolute Gasteiger partial charge is 0.477 e. The number of aromatic nitrogens is 2. The molecule has 7 nitrogen and oxygen atoms in total. The Morgan fingerprint density at radius 2 is 2.07 bits per heavy atom. The molecule has 7 heteroatoms. The molecule has 0 saturated carbocycles. The van der Waals surface area contributed by atoms with Crippen molar-refractivity contribution >= 4 is 5.97 Å². The van der Waals surface area contributed by atoms with Crippen LogP contribution >= 0.6 is 0 Å². The highest BCUT2D eigenvalue weighted by atomic mass is 16.6. The van der Waals surface area contributed by atoms with Gasteiger partial charge in [0, 0.05) is 36.4 Å². The molecule has 2 aromatic heterocycles. The van der Waals surface area contributed by atoms with E-state index in [1.165, 1.54) is 0 Å². The quantitative estimate of drug-likeness (QED) is 0.523. The van der Waals surface area contributed by atoms with Crippen molar-refractivity contribution in [1.29, 1.82) is 0 Å². The van der Waals surface area contributed by atoms with Gasteiger partial charge in [0.05, 0.1) is 12.3 Å². The van der Waals surface area contributed by atoms with Crippen LogP contribution in [0.5, 0.6) is 5.88 Å². The van der Waals surface area contributed by atoms with Gasteiger partial charge in [0.1, 0.15) is 12.4 Å². The summed E-state index contributed by atoms with van der Waals surface area (Å²) in [6.45, 7) is 3.13. The number of nitrogens with zero attached hydrogens (tertiary/aromatic N) is 2. The molecule has 1 saturated heterocycles. The second-order valence-corrected chi connectivity index (χ2v) is 7.10. The average molecular weight is 408 g/mol. The summed E-state index contributed by atoms with van der Waals surface area (Å²) < 4.78 is 22.1. The first kappa shape index (κ1) is 20.1. The predicted molar refractivity (Wildman–Crippen MR) is 109 cm³/mol. The first-order valence-electron chi connectivity index (χ1n) is 10.1. The van der Waals surface area contributed by atoms with Gasteiger partial charge < -0.3 is 18.6 Å². The van der Waals surface area contributed by atoms with Gasteiger partial charge in [-0.3, -0.25) is 0 Å². The van der Waals surface area contributed by atoms with Crippen LogP contribution in [0, 0.1) is 6.92 Å². The molecule has 3 aromatic rings. The summed E-state index contributed by atoms with van der Waals surface area (Å²) in [5.74, 6) is 1.59. The lowest BCUT2D eigenvalue weighted by Crippen LogP contribution is -2.21. The van der Waals surface area contributed by atoms with Crippen LogP contribution in [0.4, 0.5) is 0 Å². The lowest BCUT2D eigenvalue weighted by atomic mass is 10.2. The zero-order chi connectivity index (χ0) is 20.8. The number of rotatable bonds is 8. The van der Waals surface area contributed by atoms with Crippen LogP contribution in [0.3, 0.4) is 0 Å². The number of benzene rings is 1. The zero-order valence-corrected chi connectivity index (χ0v) is 16.9.